The van der Waals surface area contributed by atoms with E-state index in [1.54, 1.807) is 13.0 Å². The Bertz CT molecular complexity index is 924. The molecule has 0 amide bonds. The molecule has 0 saturated carbocycles. The molecule has 0 aliphatic carbocycles. The van der Waals surface area contributed by atoms with Gasteiger partial charge in [-0.2, -0.15) is 5.26 Å². The highest BCUT2D eigenvalue weighted by molar-refractivity contribution is 5.93. The van der Waals surface area contributed by atoms with Crippen LogP contribution >= 0.6 is 0 Å². The fourth-order valence-corrected chi connectivity index (χ4v) is 2.27. The molecule has 0 aliphatic heterocycles. The second-order valence-corrected chi connectivity index (χ2v) is 4.88. The van der Waals surface area contributed by atoms with Gasteiger partial charge >= 0.3 is 5.97 Å². The van der Waals surface area contributed by atoms with Crippen molar-refractivity contribution < 1.29 is 13.9 Å². The molecule has 6 heteroatoms. The maximum Gasteiger partial charge on any atom is 0.341 e. The summed E-state index contributed by atoms with van der Waals surface area (Å²) in [4.78, 5) is 19.1. The Balaban J connectivity index is 2.02. The first-order valence-electron chi connectivity index (χ1n) is 6.88. The molecule has 114 valence electrons. The number of para-hydroxylation sites is 2. The maximum atomic E-state index is 11.6. The van der Waals surface area contributed by atoms with Crippen LogP contribution in [0.2, 0.25) is 0 Å². The zero-order valence-electron chi connectivity index (χ0n) is 12.6. The normalized spacial score (nSPS) is 11.4. The molecule has 0 unspecified atom stereocenters. The summed E-state index contributed by atoms with van der Waals surface area (Å²) in [5.74, 6) is 0.792. The topological polar surface area (TPSA) is 91.9 Å². The number of fused-ring (bicyclic) bond motifs is 1. The fourth-order valence-electron chi connectivity index (χ4n) is 2.27. The highest BCUT2D eigenvalue weighted by atomic mass is 16.5. The number of carbonyl (C=O) groups is 1. The zero-order valence-corrected chi connectivity index (χ0v) is 12.6. The standard InChI is InChI=1S/C17H13N3O3/c1-10-13(17(21)22-2)8-12(23-10)7-11(9-18)16-19-14-5-3-4-6-15(14)20-16/h3-8H,1-2H3,(H,19,20). The van der Waals surface area contributed by atoms with E-state index < -0.39 is 5.97 Å². The van der Waals surface area contributed by atoms with E-state index in [1.165, 1.54) is 13.2 Å². The number of nitriles is 1. The van der Waals surface area contributed by atoms with Crippen molar-refractivity contribution in [2.24, 2.45) is 0 Å². The van der Waals surface area contributed by atoms with Crippen molar-refractivity contribution in [2.45, 2.75) is 6.92 Å². The second kappa shape index (κ2) is 5.81. The molecular formula is C17H13N3O3. The van der Waals surface area contributed by atoms with Gasteiger partial charge in [-0.3, -0.25) is 0 Å². The molecule has 0 radical (unpaired) electrons. The minimum atomic E-state index is -0.479. The van der Waals surface area contributed by atoms with E-state index >= 15 is 0 Å². The summed E-state index contributed by atoms with van der Waals surface area (Å²) in [6.07, 6.45) is 1.54. The first kappa shape index (κ1) is 14.6. The van der Waals surface area contributed by atoms with Crippen LogP contribution in [0.3, 0.4) is 0 Å². The number of ether oxygens (including phenoxy) is 1. The van der Waals surface area contributed by atoms with Crippen molar-refractivity contribution in [2.75, 3.05) is 7.11 Å². The van der Waals surface area contributed by atoms with Gasteiger partial charge in [0.15, 0.2) is 0 Å². The van der Waals surface area contributed by atoms with Crippen LogP contribution in [0.5, 0.6) is 0 Å². The number of carbonyl (C=O) groups excluding carboxylic acids is 1. The van der Waals surface area contributed by atoms with Crippen LogP contribution in [-0.4, -0.2) is 23.0 Å². The number of rotatable bonds is 3. The Morgan fingerprint density at radius 1 is 1.43 bits per heavy atom. The van der Waals surface area contributed by atoms with Crippen molar-refractivity contribution in [1.29, 1.82) is 5.26 Å². The van der Waals surface area contributed by atoms with Gasteiger partial charge in [0.25, 0.3) is 0 Å². The Kier molecular flexibility index (Phi) is 3.69. The third-order valence-electron chi connectivity index (χ3n) is 3.39. The number of aromatic nitrogens is 2. The predicted octanol–water partition coefficient (Wildman–Crippen LogP) is 3.32. The van der Waals surface area contributed by atoms with E-state index in [2.05, 4.69) is 20.8 Å². The third kappa shape index (κ3) is 2.72. The minimum absolute atomic E-state index is 0.311. The number of H-pyrrole nitrogens is 1. The minimum Gasteiger partial charge on any atom is -0.465 e. The number of furan rings is 1. The van der Waals surface area contributed by atoms with Crippen molar-refractivity contribution in [3.8, 4) is 6.07 Å². The molecule has 2 heterocycles. The number of benzene rings is 1. The van der Waals surface area contributed by atoms with E-state index in [1.807, 2.05) is 24.3 Å². The van der Waals surface area contributed by atoms with E-state index in [9.17, 15) is 10.1 Å². The lowest BCUT2D eigenvalue weighted by atomic mass is 10.2. The Hall–Kier alpha value is -3.33. The number of imidazole rings is 1. The number of nitrogens with zero attached hydrogens (tertiary/aromatic N) is 2. The average Bonchev–Trinajstić information content (AvgIpc) is 3.15. The number of allylic oxidation sites excluding steroid dienone is 1. The molecule has 1 aromatic carbocycles. The molecule has 0 spiro atoms. The smallest absolute Gasteiger partial charge is 0.341 e. The lowest BCUT2D eigenvalue weighted by molar-refractivity contribution is 0.0599. The SMILES string of the molecule is COC(=O)c1cc(C=C(C#N)c2nc3ccccc3[nH]2)oc1C. The van der Waals surface area contributed by atoms with Gasteiger partial charge in [-0.15, -0.1) is 0 Å². The largest absolute Gasteiger partial charge is 0.465 e. The van der Waals surface area contributed by atoms with Crippen molar-refractivity contribution in [3.05, 3.63) is 53.2 Å². The molecule has 3 rings (SSSR count). The molecule has 0 aliphatic rings. The van der Waals surface area contributed by atoms with E-state index in [0.29, 0.717) is 28.5 Å². The van der Waals surface area contributed by atoms with Crippen molar-refractivity contribution >= 4 is 28.7 Å². The number of methoxy groups -OCH3 is 1. The first-order valence-corrected chi connectivity index (χ1v) is 6.88. The Labute approximate surface area is 132 Å². The highest BCUT2D eigenvalue weighted by Crippen LogP contribution is 2.22. The van der Waals surface area contributed by atoms with Gasteiger partial charge < -0.3 is 14.1 Å². The molecule has 0 saturated heterocycles. The van der Waals surface area contributed by atoms with Gasteiger partial charge in [-0.05, 0) is 25.1 Å². The Morgan fingerprint density at radius 2 is 2.22 bits per heavy atom. The average molecular weight is 307 g/mol. The van der Waals surface area contributed by atoms with Crippen LogP contribution in [0.25, 0.3) is 22.7 Å². The van der Waals surface area contributed by atoms with Gasteiger partial charge in [0.05, 0.1) is 23.7 Å². The summed E-state index contributed by atoms with van der Waals surface area (Å²) in [5, 5.41) is 9.39. The van der Waals surface area contributed by atoms with E-state index in [-0.39, 0.29) is 0 Å². The molecule has 6 nitrogen and oxygen atoms in total. The summed E-state index contributed by atoms with van der Waals surface area (Å²) in [5.41, 5.74) is 2.26. The quantitative estimate of drug-likeness (QED) is 0.592. The predicted molar refractivity (Wildman–Crippen MR) is 84.4 cm³/mol. The number of aryl methyl sites for hydroxylation is 1. The molecule has 3 aromatic rings. The lowest BCUT2D eigenvalue weighted by Gasteiger charge is -1.93. The van der Waals surface area contributed by atoms with Crippen molar-refractivity contribution in [1.82, 2.24) is 9.97 Å². The van der Waals surface area contributed by atoms with Crippen molar-refractivity contribution in [3.63, 3.8) is 0 Å². The van der Waals surface area contributed by atoms with Gasteiger partial charge in [0.1, 0.15) is 29.0 Å². The monoisotopic (exact) mass is 307 g/mol. The number of hydrogen-bond acceptors (Lipinski definition) is 5. The molecule has 0 fully saturated rings. The van der Waals surface area contributed by atoms with Crippen LogP contribution in [0.1, 0.15) is 27.7 Å². The van der Waals surface area contributed by atoms with E-state index in [4.69, 9.17) is 4.42 Å². The molecule has 2 aromatic heterocycles. The number of esters is 1. The van der Waals surface area contributed by atoms with Gasteiger partial charge in [-0.25, -0.2) is 9.78 Å². The molecule has 0 atom stereocenters. The third-order valence-corrected chi connectivity index (χ3v) is 3.39. The maximum absolute atomic E-state index is 11.6. The summed E-state index contributed by atoms with van der Waals surface area (Å²) in [6.45, 7) is 1.66. The van der Waals surface area contributed by atoms with Crippen LogP contribution in [0, 0.1) is 18.3 Å². The highest BCUT2D eigenvalue weighted by Gasteiger charge is 2.15. The zero-order chi connectivity index (χ0) is 16.4. The van der Waals surface area contributed by atoms with Crippen LogP contribution in [-0.2, 0) is 4.74 Å². The molecule has 23 heavy (non-hydrogen) atoms. The number of hydrogen-bond donors (Lipinski definition) is 1. The summed E-state index contributed by atoms with van der Waals surface area (Å²) < 4.78 is 10.2. The second-order valence-electron chi connectivity index (χ2n) is 4.88. The molecular weight excluding hydrogens is 294 g/mol. The van der Waals surface area contributed by atoms with Gasteiger partial charge in [-0.1, -0.05) is 12.1 Å². The van der Waals surface area contributed by atoms with Crippen LogP contribution in [0.15, 0.2) is 34.7 Å². The lowest BCUT2D eigenvalue weighted by Crippen LogP contribution is -2.00. The molecule has 0 bridgehead atoms. The van der Waals surface area contributed by atoms with Gasteiger partial charge in [0.2, 0.25) is 0 Å². The van der Waals surface area contributed by atoms with Crippen LogP contribution in [0.4, 0.5) is 0 Å². The number of nitrogens with one attached hydrogen (secondary N) is 1. The summed E-state index contributed by atoms with van der Waals surface area (Å²) in [7, 11) is 1.30. The molecule has 1 N–H and O–H groups in total. The fraction of sp³-hybridized carbons (Fsp3) is 0.118. The van der Waals surface area contributed by atoms with Crippen LogP contribution < -0.4 is 0 Å². The summed E-state index contributed by atoms with van der Waals surface area (Å²) in [6, 6.07) is 11.1. The van der Waals surface area contributed by atoms with Gasteiger partial charge in [0, 0.05) is 6.08 Å². The Morgan fingerprint density at radius 3 is 2.91 bits per heavy atom. The summed E-state index contributed by atoms with van der Waals surface area (Å²) >= 11 is 0. The first-order chi connectivity index (χ1) is 11.1. The number of aromatic amines is 1. The van der Waals surface area contributed by atoms with E-state index in [0.717, 1.165) is 11.0 Å².